The SMILES string of the molecule is CNC(CCC(C)(C)C)C1CN(C(C)C)CCO1. The number of hydrogen-bond donors (Lipinski definition) is 1. The van der Waals surface area contributed by atoms with E-state index in [9.17, 15) is 0 Å². The van der Waals surface area contributed by atoms with Crippen LogP contribution in [0.15, 0.2) is 0 Å². The third-order valence-corrected chi connectivity index (χ3v) is 3.88. The maximum atomic E-state index is 5.97. The summed E-state index contributed by atoms with van der Waals surface area (Å²) in [6.45, 7) is 14.5. The van der Waals surface area contributed by atoms with Crippen LogP contribution in [0.5, 0.6) is 0 Å². The number of nitrogens with zero attached hydrogens (tertiary/aromatic N) is 1. The minimum Gasteiger partial charge on any atom is -0.374 e. The summed E-state index contributed by atoms with van der Waals surface area (Å²) < 4.78 is 5.97. The maximum absolute atomic E-state index is 5.97. The van der Waals surface area contributed by atoms with E-state index >= 15 is 0 Å². The number of hydrogen-bond acceptors (Lipinski definition) is 3. The molecule has 1 aliphatic heterocycles. The zero-order valence-electron chi connectivity index (χ0n) is 13.1. The van der Waals surface area contributed by atoms with E-state index in [-0.39, 0.29) is 0 Å². The first kappa shape index (κ1) is 15.9. The molecule has 1 aliphatic rings. The lowest BCUT2D eigenvalue weighted by atomic mass is 9.87. The molecule has 18 heavy (non-hydrogen) atoms. The van der Waals surface area contributed by atoms with Gasteiger partial charge in [0.05, 0.1) is 12.7 Å². The van der Waals surface area contributed by atoms with Gasteiger partial charge >= 0.3 is 0 Å². The molecule has 1 rings (SSSR count). The smallest absolute Gasteiger partial charge is 0.0855 e. The molecule has 0 amide bonds. The number of ether oxygens (including phenoxy) is 1. The highest BCUT2D eigenvalue weighted by Crippen LogP contribution is 2.24. The Morgan fingerprint density at radius 2 is 2.00 bits per heavy atom. The summed E-state index contributed by atoms with van der Waals surface area (Å²) in [5.41, 5.74) is 0.404. The third kappa shape index (κ3) is 5.25. The fraction of sp³-hybridized carbons (Fsp3) is 1.00. The van der Waals surface area contributed by atoms with Gasteiger partial charge in [-0.15, -0.1) is 0 Å². The molecular weight excluding hydrogens is 224 g/mol. The summed E-state index contributed by atoms with van der Waals surface area (Å²) in [7, 11) is 2.06. The summed E-state index contributed by atoms with van der Waals surface area (Å²) in [5.74, 6) is 0. The van der Waals surface area contributed by atoms with Gasteiger partial charge < -0.3 is 10.1 Å². The lowest BCUT2D eigenvalue weighted by molar-refractivity contribution is -0.0566. The van der Waals surface area contributed by atoms with Crippen LogP contribution in [0.4, 0.5) is 0 Å². The number of likely N-dealkylation sites (N-methyl/N-ethyl adjacent to an activating group) is 1. The molecule has 0 spiro atoms. The highest BCUT2D eigenvalue weighted by molar-refractivity contribution is 4.84. The standard InChI is InChI=1S/C15H32N2O/c1-12(2)17-9-10-18-14(11-17)13(16-6)7-8-15(3,4)5/h12-14,16H,7-11H2,1-6H3. The van der Waals surface area contributed by atoms with Gasteiger partial charge in [-0.1, -0.05) is 20.8 Å². The van der Waals surface area contributed by atoms with E-state index < -0.39 is 0 Å². The summed E-state index contributed by atoms with van der Waals surface area (Å²) in [6.07, 6.45) is 2.77. The lowest BCUT2D eigenvalue weighted by Gasteiger charge is -2.39. The van der Waals surface area contributed by atoms with Gasteiger partial charge in [0.1, 0.15) is 0 Å². The Hall–Kier alpha value is -0.120. The maximum Gasteiger partial charge on any atom is 0.0855 e. The quantitative estimate of drug-likeness (QED) is 0.818. The molecule has 3 nitrogen and oxygen atoms in total. The summed E-state index contributed by atoms with van der Waals surface area (Å²) in [5, 5.41) is 3.45. The predicted octanol–water partition coefficient (Wildman–Crippen LogP) is 2.51. The fourth-order valence-corrected chi connectivity index (χ4v) is 2.51. The molecule has 0 aromatic carbocycles. The van der Waals surface area contributed by atoms with E-state index in [0.717, 1.165) is 19.7 Å². The summed E-state index contributed by atoms with van der Waals surface area (Å²) in [6, 6.07) is 1.10. The van der Waals surface area contributed by atoms with Crippen molar-refractivity contribution >= 4 is 0 Å². The Labute approximate surface area is 113 Å². The molecule has 0 radical (unpaired) electrons. The van der Waals surface area contributed by atoms with Crippen molar-refractivity contribution in [3.05, 3.63) is 0 Å². The number of rotatable bonds is 5. The van der Waals surface area contributed by atoms with Crippen LogP contribution in [0, 0.1) is 5.41 Å². The monoisotopic (exact) mass is 256 g/mol. The molecule has 0 saturated carbocycles. The van der Waals surface area contributed by atoms with Crippen molar-refractivity contribution in [2.24, 2.45) is 5.41 Å². The molecule has 0 aromatic rings. The Balaban J connectivity index is 2.48. The van der Waals surface area contributed by atoms with Crippen LogP contribution in [0.3, 0.4) is 0 Å². The van der Waals surface area contributed by atoms with Crippen molar-refractivity contribution in [2.45, 2.75) is 65.6 Å². The highest BCUT2D eigenvalue weighted by Gasteiger charge is 2.29. The number of nitrogens with one attached hydrogen (secondary N) is 1. The van der Waals surface area contributed by atoms with Crippen LogP contribution in [0.25, 0.3) is 0 Å². The Morgan fingerprint density at radius 1 is 1.33 bits per heavy atom. The molecule has 2 atom stereocenters. The largest absolute Gasteiger partial charge is 0.374 e. The molecule has 0 bridgehead atoms. The van der Waals surface area contributed by atoms with Crippen LogP contribution in [-0.2, 0) is 4.74 Å². The van der Waals surface area contributed by atoms with E-state index in [0.29, 0.717) is 23.6 Å². The minimum absolute atomic E-state index is 0.341. The van der Waals surface area contributed by atoms with E-state index in [1.54, 1.807) is 0 Å². The second kappa shape index (κ2) is 6.88. The molecule has 1 fully saturated rings. The Kier molecular flexibility index (Phi) is 6.09. The molecule has 1 heterocycles. The van der Waals surface area contributed by atoms with Gasteiger partial charge in [0, 0.05) is 25.2 Å². The van der Waals surface area contributed by atoms with Crippen molar-refractivity contribution in [2.75, 3.05) is 26.7 Å². The van der Waals surface area contributed by atoms with Gasteiger partial charge in [0.25, 0.3) is 0 Å². The predicted molar refractivity (Wildman–Crippen MR) is 78.0 cm³/mol. The second-order valence-corrected chi connectivity index (χ2v) is 6.99. The first-order chi connectivity index (χ1) is 8.33. The van der Waals surface area contributed by atoms with Crippen LogP contribution < -0.4 is 5.32 Å². The normalized spacial score (nSPS) is 24.5. The van der Waals surface area contributed by atoms with E-state index in [4.69, 9.17) is 4.74 Å². The molecule has 0 aromatic heterocycles. The number of morpholine rings is 1. The molecule has 0 aliphatic carbocycles. The molecule has 108 valence electrons. The second-order valence-electron chi connectivity index (χ2n) is 6.99. The van der Waals surface area contributed by atoms with E-state index in [1.165, 1.54) is 12.8 Å². The van der Waals surface area contributed by atoms with E-state index in [2.05, 4.69) is 51.9 Å². The van der Waals surface area contributed by atoms with Crippen molar-refractivity contribution in [3.8, 4) is 0 Å². The zero-order chi connectivity index (χ0) is 13.8. The topological polar surface area (TPSA) is 24.5 Å². The minimum atomic E-state index is 0.341. The average Bonchev–Trinajstić information content (AvgIpc) is 2.28. The third-order valence-electron chi connectivity index (χ3n) is 3.88. The van der Waals surface area contributed by atoms with Crippen molar-refractivity contribution in [1.82, 2.24) is 10.2 Å². The Bertz CT molecular complexity index is 235. The molecule has 1 N–H and O–H groups in total. The van der Waals surface area contributed by atoms with Crippen LogP contribution in [0.1, 0.15) is 47.5 Å². The molecular formula is C15H32N2O. The van der Waals surface area contributed by atoms with Crippen molar-refractivity contribution in [1.29, 1.82) is 0 Å². The van der Waals surface area contributed by atoms with Crippen LogP contribution >= 0.6 is 0 Å². The first-order valence-electron chi connectivity index (χ1n) is 7.36. The molecule has 2 unspecified atom stereocenters. The average molecular weight is 256 g/mol. The molecule has 1 saturated heterocycles. The van der Waals surface area contributed by atoms with Crippen LogP contribution in [-0.4, -0.2) is 49.8 Å². The van der Waals surface area contributed by atoms with Gasteiger partial charge in [-0.2, -0.15) is 0 Å². The van der Waals surface area contributed by atoms with Gasteiger partial charge in [-0.25, -0.2) is 0 Å². The van der Waals surface area contributed by atoms with Gasteiger partial charge in [0.15, 0.2) is 0 Å². The van der Waals surface area contributed by atoms with E-state index in [1.807, 2.05) is 0 Å². The van der Waals surface area contributed by atoms with Gasteiger partial charge in [-0.3, -0.25) is 4.90 Å². The van der Waals surface area contributed by atoms with Gasteiger partial charge in [-0.05, 0) is 39.2 Å². The highest BCUT2D eigenvalue weighted by atomic mass is 16.5. The Morgan fingerprint density at radius 3 is 2.50 bits per heavy atom. The van der Waals surface area contributed by atoms with Crippen molar-refractivity contribution in [3.63, 3.8) is 0 Å². The summed E-state index contributed by atoms with van der Waals surface area (Å²) in [4.78, 5) is 2.52. The van der Waals surface area contributed by atoms with Crippen molar-refractivity contribution < 1.29 is 4.74 Å². The van der Waals surface area contributed by atoms with Crippen LogP contribution in [0.2, 0.25) is 0 Å². The first-order valence-corrected chi connectivity index (χ1v) is 7.36. The van der Waals surface area contributed by atoms with Gasteiger partial charge in [0.2, 0.25) is 0 Å². The summed E-state index contributed by atoms with van der Waals surface area (Å²) >= 11 is 0. The zero-order valence-corrected chi connectivity index (χ0v) is 13.1. The lowest BCUT2D eigenvalue weighted by Crippen LogP contribution is -2.53. The fourth-order valence-electron chi connectivity index (χ4n) is 2.51. The molecule has 3 heteroatoms.